The van der Waals surface area contributed by atoms with Gasteiger partial charge in [-0.25, -0.2) is 0 Å². The molecular formula is C11H15NO. The van der Waals surface area contributed by atoms with Gasteiger partial charge in [0.05, 0.1) is 12.8 Å². The van der Waals surface area contributed by atoms with E-state index in [9.17, 15) is 0 Å². The number of ether oxygens (including phenoxy) is 1. The van der Waals surface area contributed by atoms with Crippen LogP contribution in [0.25, 0.3) is 0 Å². The second-order valence-corrected chi connectivity index (χ2v) is 3.81. The Balaban J connectivity index is 2.46. The molecule has 0 N–H and O–H groups in total. The summed E-state index contributed by atoms with van der Waals surface area (Å²) >= 11 is 0. The molecule has 0 fully saturated rings. The standard InChI is InChI=1S/C11H15NO/c1-8(2)10-6-12-7-11-9(10)4-3-5-13-11/h6-8H,3-5H2,1-2H3. The first-order valence-electron chi connectivity index (χ1n) is 4.88. The average molecular weight is 177 g/mol. The smallest absolute Gasteiger partial charge is 0.141 e. The SMILES string of the molecule is CC(C)c1cncc2c1CCCO2. The second kappa shape index (κ2) is 3.36. The van der Waals surface area contributed by atoms with E-state index in [-0.39, 0.29) is 0 Å². The minimum atomic E-state index is 0.546. The first-order valence-corrected chi connectivity index (χ1v) is 4.88. The third-order valence-electron chi connectivity index (χ3n) is 2.50. The molecule has 2 nitrogen and oxygen atoms in total. The van der Waals surface area contributed by atoms with Crippen LogP contribution < -0.4 is 4.74 Å². The molecule has 13 heavy (non-hydrogen) atoms. The Labute approximate surface area is 78.9 Å². The zero-order valence-corrected chi connectivity index (χ0v) is 8.21. The molecule has 0 amide bonds. The molecule has 0 spiro atoms. The van der Waals surface area contributed by atoms with Crippen molar-refractivity contribution in [3.05, 3.63) is 23.5 Å². The number of hydrogen-bond acceptors (Lipinski definition) is 2. The highest BCUT2D eigenvalue weighted by molar-refractivity contribution is 5.39. The molecule has 0 aliphatic carbocycles. The van der Waals surface area contributed by atoms with Crippen LogP contribution in [0.15, 0.2) is 12.4 Å². The van der Waals surface area contributed by atoms with Crippen LogP contribution in [-0.2, 0) is 6.42 Å². The van der Waals surface area contributed by atoms with Gasteiger partial charge in [-0.15, -0.1) is 0 Å². The zero-order valence-electron chi connectivity index (χ0n) is 8.21. The minimum absolute atomic E-state index is 0.546. The van der Waals surface area contributed by atoms with E-state index in [2.05, 4.69) is 18.8 Å². The number of aromatic nitrogens is 1. The predicted molar refractivity (Wildman–Crippen MR) is 52.1 cm³/mol. The Bertz CT molecular complexity index is 307. The average Bonchev–Trinajstić information content (AvgIpc) is 2.17. The molecule has 0 saturated carbocycles. The van der Waals surface area contributed by atoms with Gasteiger partial charge in [0.15, 0.2) is 0 Å². The van der Waals surface area contributed by atoms with E-state index < -0.39 is 0 Å². The highest BCUT2D eigenvalue weighted by Crippen LogP contribution is 2.30. The molecule has 0 unspecified atom stereocenters. The van der Waals surface area contributed by atoms with Crippen LogP contribution in [0.1, 0.15) is 37.3 Å². The van der Waals surface area contributed by atoms with Crippen molar-refractivity contribution in [2.24, 2.45) is 0 Å². The van der Waals surface area contributed by atoms with Crippen molar-refractivity contribution in [3.63, 3.8) is 0 Å². The Morgan fingerprint density at radius 3 is 3.00 bits per heavy atom. The number of pyridine rings is 1. The van der Waals surface area contributed by atoms with Gasteiger partial charge >= 0.3 is 0 Å². The van der Waals surface area contributed by atoms with Gasteiger partial charge in [0, 0.05) is 11.8 Å². The number of nitrogens with zero attached hydrogens (tertiary/aromatic N) is 1. The van der Waals surface area contributed by atoms with E-state index in [0.29, 0.717) is 5.92 Å². The lowest BCUT2D eigenvalue weighted by atomic mass is 9.95. The third kappa shape index (κ3) is 1.53. The van der Waals surface area contributed by atoms with Crippen molar-refractivity contribution in [2.45, 2.75) is 32.6 Å². The Morgan fingerprint density at radius 1 is 1.38 bits per heavy atom. The molecule has 1 aromatic heterocycles. The van der Waals surface area contributed by atoms with Crippen LogP contribution in [0.3, 0.4) is 0 Å². The molecule has 2 rings (SSSR count). The minimum Gasteiger partial charge on any atom is -0.492 e. The number of hydrogen-bond donors (Lipinski definition) is 0. The molecular weight excluding hydrogens is 162 g/mol. The quantitative estimate of drug-likeness (QED) is 0.657. The van der Waals surface area contributed by atoms with Crippen LogP contribution in [-0.4, -0.2) is 11.6 Å². The van der Waals surface area contributed by atoms with Crippen molar-refractivity contribution in [3.8, 4) is 5.75 Å². The molecule has 1 aliphatic rings. The fraction of sp³-hybridized carbons (Fsp3) is 0.545. The van der Waals surface area contributed by atoms with E-state index in [0.717, 1.165) is 25.2 Å². The van der Waals surface area contributed by atoms with Crippen molar-refractivity contribution in [1.82, 2.24) is 4.98 Å². The molecule has 0 bridgehead atoms. The molecule has 2 heteroatoms. The van der Waals surface area contributed by atoms with E-state index >= 15 is 0 Å². The summed E-state index contributed by atoms with van der Waals surface area (Å²) in [6.45, 7) is 5.24. The lowest BCUT2D eigenvalue weighted by Crippen LogP contribution is -2.11. The molecule has 1 aromatic rings. The van der Waals surface area contributed by atoms with Gasteiger partial charge in [0.2, 0.25) is 0 Å². The Kier molecular flexibility index (Phi) is 2.21. The largest absolute Gasteiger partial charge is 0.492 e. The Morgan fingerprint density at radius 2 is 2.23 bits per heavy atom. The third-order valence-corrected chi connectivity index (χ3v) is 2.50. The molecule has 0 atom stereocenters. The van der Waals surface area contributed by atoms with Crippen molar-refractivity contribution in [1.29, 1.82) is 0 Å². The van der Waals surface area contributed by atoms with E-state index in [1.807, 2.05) is 12.4 Å². The van der Waals surface area contributed by atoms with E-state index in [1.165, 1.54) is 11.1 Å². The second-order valence-electron chi connectivity index (χ2n) is 3.81. The van der Waals surface area contributed by atoms with Gasteiger partial charge in [0.1, 0.15) is 5.75 Å². The van der Waals surface area contributed by atoms with Crippen molar-refractivity contribution >= 4 is 0 Å². The summed E-state index contributed by atoms with van der Waals surface area (Å²) in [5.74, 6) is 1.54. The lowest BCUT2D eigenvalue weighted by molar-refractivity contribution is 0.286. The number of fused-ring (bicyclic) bond motifs is 1. The van der Waals surface area contributed by atoms with Crippen LogP contribution in [0, 0.1) is 0 Å². The summed E-state index contributed by atoms with van der Waals surface area (Å²) in [5, 5.41) is 0. The molecule has 70 valence electrons. The van der Waals surface area contributed by atoms with E-state index in [4.69, 9.17) is 4.74 Å². The highest BCUT2D eigenvalue weighted by Gasteiger charge is 2.15. The lowest BCUT2D eigenvalue weighted by Gasteiger charge is -2.20. The summed E-state index contributed by atoms with van der Waals surface area (Å²) in [4.78, 5) is 4.19. The molecule has 0 radical (unpaired) electrons. The fourth-order valence-electron chi connectivity index (χ4n) is 1.80. The monoisotopic (exact) mass is 177 g/mol. The van der Waals surface area contributed by atoms with Gasteiger partial charge in [-0.1, -0.05) is 13.8 Å². The van der Waals surface area contributed by atoms with Gasteiger partial charge in [-0.05, 0) is 24.3 Å². The van der Waals surface area contributed by atoms with Gasteiger partial charge in [0.25, 0.3) is 0 Å². The molecule has 2 heterocycles. The summed E-state index contributed by atoms with van der Waals surface area (Å²) < 4.78 is 5.55. The molecule has 0 aromatic carbocycles. The Hall–Kier alpha value is -1.05. The van der Waals surface area contributed by atoms with Crippen molar-refractivity contribution in [2.75, 3.05) is 6.61 Å². The highest BCUT2D eigenvalue weighted by atomic mass is 16.5. The zero-order chi connectivity index (χ0) is 9.26. The van der Waals surface area contributed by atoms with Crippen molar-refractivity contribution < 1.29 is 4.74 Å². The maximum absolute atomic E-state index is 5.55. The first kappa shape index (κ1) is 8.54. The molecule has 0 saturated heterocycles. The summed E-state index contributed by atoms with van der Waals surface area (Å²) in [6, 6.07) is 0. The topological polar surface area (TPSA) is 22.1 Å². The summed E-state index contributed by atoms with van der Waals surface area (Å²) in [7, 11) is 0. The van der Waals surface area contributed by atoms with E-state index in [1.54, 1.807) is 0 Å². The predicted octanol–water partition coefficient (Wildman–Crippen LogP) is 2.53. The molecule has 1 aliphatic heterocycles. The van der Waals surface area contributed by atoms with Gasteiger partial charge < -0.3 is 4.74 Å². The maximum Gasteiger partial charge on any atom is 0.141 e. The normalized spacial score (nSPS) is 15.3. The van der Waals surface area contributed by atoms with Gasteiger partial charge in [-0.3, -0.25) is 4.98 Å². The van der Waals surface area contributed by atoms with Gasteiger partial charge in [-0.2, -0.15) is 0 Å². The van der Waals surface area contributed by atoms with Crippen LogP contribution in [0.4, 0.5) is 0 Å². The van der Waals surface area contributed by atoms with Crippen LogP contribution in [0.2, 0.25) is 0 Å². The van der Waals surface area contributed by atoms with Crippen LogP contribution in [0.5, 0.6) is 5.75 Å². The maximum atomic E-state index is 5.55. The fourth-order valence-corrected chi connectivity index (χ4v) is 1.80. The number of rotatable bonds is 1. The summed E-state index contributed by atoms with van der Waals surface area (Å²) in [6.07, 6.45) is 6.08. The first-order chi connectivity index (χ1) is 6.29. The summed E-state index contributed by atoms with van der Waals surface area (Å²) in [5.41, 5.74) is 2.72. The van der Waals surface area contributed by atoms with Crippen LogP contribution >= 0.6 is 0 Å².